The average molecular weight is 658 g/mol. The predicted octanol–water partition coefficient (Wildman–Crippen LogP) is 1.96. The number of aromatic nitrogens is 2. The molecule has 1 aliphatic heterocycles. The average Bonchev–Trinajstić information content (AvgIpc) is 3.43. The van der Waals surface area contributed by atoms with Crippen LogP contribution in [0.3, 0.4) is 0 Å². The van der Waals surface area contributed by atoms with Crippen molar-refractivity contribution in [2.45, 2.75) is 73.7 Å². The number of phenols is 2. The van der Waals surface area contributed by atoms with E-state index in [1.54, 1.807) is 13.8 Å². The van der Waals surface area contributed by atoms with Crippen molar-refractivity contribution < 1.29 is 49.0 Å². The van der Waals surface area contributed by atoms with Crippen LogP contribution in [0.1, 0.15) is 73.8 Å². The van der Waals surface area contributed by atoms with E-state index in [0.29, 0.717) is 9.35 Å². The van der Waals surface area contributed by atoms with Gasteiger partial charge in [0, 0.05) is 42.0 Å². The van der Waals surface area contributed by atoms with Crippen LogP contribution in [0.2, 0.25) is 0 Å². The molecule has 6 N–H and O–H groups in total. The molecule has 6 atom stereocenters. The molecule has 2 heterocycles. The number of Topliss-reactive ketones (excluding diaryl/α,β-unsaturated/α-hetero) is 1. The Morgan fingerprint density at radius 3 is 2.58 bits per heavy atom. The van der Waals surface area contributed by atoms with E-state index in [4.69, 9.17) is 19.9 Å². The van der Waals surface area contributed by atoms with E-state index in [2.05, 4.69) is 10.2 Å². The second-order valence-electron chi connectivity index (χ2n) is 11.4. The summed E-state index contributed by atoms with van der Waals surface area (Å²) in [5.74, 6) is -3.46. The van der Waals surface area contributed by atoms with Gasteiger partial charge in [-0.2, -0.15) is 0 Å². The molecule has 0 spiro atoms. The number of nitrogens with zero attached hydrogens (tertiary/aromatic N) is 2. The lowest BCUT2D eigenvalue weighted by Crippen LogP contribution is -2.52. The molecular weight excluding hydrogens is 626 g/mol. The van der Waals surface area contributed by atoms with Crippen molar-refractivity contribution in [3.63, 3.8) is 0 Å². The van der Waals surface area contributed by atoms with Crippen molar-refractivity contribution in [1.29, 1.82) is 0 Å². The summed E-state index contributed by atoms with van der Waals surface area (Å²) in [6.45, 7) is 3.38. The predicted molar refractivity (Wildman–Crippen MR) is 160 cm³/mol. The molecule has 13 nitrogen and oxygen atoms in total. The topological polar surface area (TPSA) is 212 Å². The van der Waals surface area contributed by atoms with Gasteiger partial charge in [0.15, 0.2) is 22.2 Å². The summed E-state index contributed by atoms with van der Waals surface area (Å²) in [6.07, 6.45) is -4.84. The Labute approximate surface area is 265 Å². The smallest absolute Gasteiger partial charge is 0.202 e. The van der Waals surface area contributed by atoms with Crippen LogP contribution in [0.25, 0.3) is 0 Å². The van der Waals surface area contributed by atoms with E-state index < -0.39 is 82.6 Å². The maximum Gasteiger partial charge on any atom is 0.202 e. The first-order valence-electron chi connectivity index (χ1n) is 14.1. The molecule has 6 rings (SSSR count). The van der Waals surface area contributed by atoms with Crippen molar-refractivity contribution in [2.24, 2.45) is 5.73 Å². The Morgan fingerprint density at radius 2 is 1.91 bits per heavy atom. The molecule has 238 valence electrons. The number of benzene rings is 2. The Morgan fingerprint density at radius 1 is 1.18 bits per heavy atom. The molecule has 4 unspecified atom stereocenters. The number of aromatic hydroxyl groups is 2. The zero-order chi connectivity index (χ0) is 32.4. The summed E-state index contributed by atoms with van der Waals surface area (Å²) in [4.78, 5) is 41.2. The number of aliphatic hydroxyl groups excluding tert-OH is 1. The standard InChI is InChI=1S/C30H31N3O10S2/c1-11-24(35)15(31)7-19(42-11)43-17-9-30(40,18(34)10-44-29-33-32-12(2)45-29)8-14-21(17)28(39)23-22(26(14)37)25(36)13-5-4-6-16(41-3)20(13)27(23)38/h4-6,11,15,17,19,24,35,37,39-40H,7-10,31H2,1-3H3/t11?,15?,17-,19?,24?,30-/m0/s1. The number of carbonyl (C=O) groups is 3. The fraction of sp³-hybridized carbons (Fsp3) is 0.433. The molecule has 1 saturated heterocycles. The summed E-state index contributed by atoms with van der Waals surface area (Å²) < 4.78 is 17.9. The largest absolute Gasteiger partial charge is 0.507 e. The Kier molecular flexibility index (Phi) is 8.22. The molecule has 45 heavy (non-hydrogen) atoms. The number of fused-ring (bicyclic) bond motifs is 3. The van der Waals surface area contributed by atoms with Gasteiger partial charge in [0.05, 0.1) is 47.9 Å². The highest BCUT2D eigenvalue weighted by Crippen LogP contribution is 2.52. The van der Waals surface area contributed by atoms with Gasteiger partial charge >= 0.3 is 0 Å². The minimum absolute atomic E-state index is 0.0302. The van der Waals surface area contributed by atoms with Gasteiger partial charge in [-0.3, -0.25) is 14.4 Å². The number of rotatable bonds is 7. The van der Waals surface area contributed by atoms with Crippen molar-refractivity contribution in [3.05, 3.63) is 56.6 Å². The highest BCUT2D eigenvalue weighted by molar-refractivity contribution is 8.01. The van der Waals surface area contributed by atoms with E-state index in [1.165, 1.54) is 36.6 Å². The molecule has 0 radical (unpaired) electrons. The number of hydrogen-bond donors (Lipinski definition) is 5. The van der Waals surface area contributed by atoms with Crippen molar-refractivity contribution in [1.82, 2.24) is 10.2 Å². The third kappa shape index (κ3) is 5.31. The van der Waals surface area contributed by atoms with Crippen LogP contribution in [0, 0.1) is 6.92 Å². The third-order valence-electron chi connectivity index (χ3n) is 8.50. The van der Waals surface area contributed by atoms with Gasteiger partial charge in [-0.15, -0.1) is 10.2 Å². The van der Waals surface area contributed by atoms with Crippen molar-refractivity contribution >= 4 is 40.4 Å². The lowest BCUT2D eigenvalue weighted by atomic mass is 9.72. The monoisotopic (exact) mass is 657 g/mol. The molecule has 0 bridgehead atoms. The Hall–Kier alpha value is -3.44. The molecule has 3 aliphatic rings. The lowest BCUT2D eigenvalue weighted by molar-refractivity contribution is -0.247. The molecule has 0 amide bonds. The molecule has 15 heteroatoms. The van der Waals surface area contributed by atoms with Crippen LogP contribution in [-0.4, -0.2) is 91.0 Å². The van der Waals surface area contributed by atoms with E-state index in [9.17, 15) is 34.8 Å². The van der Waals surface area contributed by atoms with Crippen LogP contribution < -0.4 is 10.5 Å². The highest BCUT2D eigenvalue weighted by Gasteiger charge is 2.50. The number of phenolic OH excluding ortho intramolecular Hbond substituents is 2. The number of ether oxygens (including phenoxy) is 3. The van der Waals surface area contributed by atoms with Gasteiger partial charge in [-0.05, 0) is 19.9 Å². The van der Waals surface area contributed by atoms with Gasteiger partial charge < -0.3 is 40.4 Å². The highest BCUT2D eigenvalue weighted by atomic mass is 32.2. The quantitative estimate of drug-likeness (QED) is 0.142. The number of aryl methyl sites for hydroxylation is 1. The number of carbonyl (C=O) groups excluding carboxylic acids is 3. The molecule has 1 aromatic heterocycles. The van der Waals surface area contributed by atoms with Crippen molar-refractivity contribution in [3.8, 4) is 17.2 Å². The number of thioether (sulfide) groups is 1. The molecule has 2 aromatic carbocycles. The van der Waals surface area contributed by atoms with Gasteiger partial charge in [0.25, 0.3) is 0 Å². The minimum atomic E-state index is -2.12. The zero-order valence-corrected chi connectivity index (χ0v) is 26.1. The number of methoxy groups -OCH3 is 1. The van der Waals surface area contributed by atoms with E-state index in [1.807, 2.05) is 0 Å². The van der Waals surface area contributed by atoms with E-state index >= 15 is 0 Å². The summed E-state index contributed by atoms with van der Waals surface area (Å²) in [5.41, 5.74) is 2.82. The summed E-state index contributed by atoms with van der Waals surface area (Å²) in [7, 11) is 1.34. The summed E-state index contributed by atoms with van der Waals surface area (Å²) in [5, 5.41) is 54.1. The maximum absolute atomic E-state index is 13.8. The minimum Gasteiger partial charge on any atom is -0.507 e. The lowest BCUT2D eigenvalue weighted by Gasteiger charge is -2.42. The number of nitrogens with two attached hydrogens (primary N) is 1. The summed E-state index contributed by atoms with van der Waals surface area (Å²) in [6, 6.07) is 3.72. The number of ketones is 3. The number of aliphatic hydroxyl groups is 2. The number of hydrogen-bond acceptors (Lipinski definition) is 15. The van der Waals surface area contributed by atoms with Crippen LogP contribution in [0.5, 0.6) is 17.2 Å². The first kappa shape index (κ1) is 31.5. The maximum atomic E-state index is 13.8. The SMILES string of the molecule is COc1cccc2c1C(=O)c1c(O)c3c(c(O)c1C2=O)C[C@@](O)(C(=O)CSc1nnc(C)s1)C[C@@H]3OC1CC(N)C(O)C(C)O1. The molecule has 1 fully saturated rings. The third-order valence-corrected chi connectivity index (χ3v) is 10.5. The Bertz CT molecular complexity index is 1720. The molecule has 0 saturated carbocycles. The van der Waals surface area contributed by atoms with Crippen LogP contribution in [0.4, 0.5) is 0 Å². The fourth-order valence-corrected chi connectivity index (χ4v) is 8.01. The first-order chi connectivity index (χ1) is 21.3. The normalized spacial score (nSPS) is 27.5. The second kappa shape index (κ2) is 11.7. The fourth-order valence-electron chi connectivity index (χ4n) is 6.20. The molecule has 2 aliphatic carbocycles. The zero-order valence-electron chi connectivity index (χ0n) is 24.5. The van der Waals surface area contributed by atoms with Crippen LogP contribution in [0.15, 0.2) is 22.5 Å². The second-order valence-corrected chi connectivity index (χ2v) is 13.8. The van der Waals surface area contributed by atoms with E-state index in [-0.39, 0.29) is 46.6 Å². The van der Waals surface area contributed by atoms with Crippen LogP contribution in [-0.2, 0) is 20.7 Å². The molecular formula is C30H31N3O10S2. The van der Waals surface area contributed by atoms with Gasteiger partial charge in [0.1, 0.15) is 27.9 Å². The molecule has 3 aromatic rings. The summed E-state index contributed by atoms with van der Waals surface area (Å²) >= 11 is 2.38. The van der Waals surface area contributed by atoms with Gasteiger partial charge in [-0.25, -0.2) is 0 Å². The van der Waals surface area contributed by atoms with Gasteiger partial charge in [0.2, 0.25) is 5.78 Å². The van der Waals surface area contributed by atoms with E-state index in [0.717, 1.165) is 11.8 Å². The Balaban J connectivity index is 1.45. The van der Waals surface area contributed by atoms with Crippen molar-refractivity contribution in [2.75, 3.05) is 12.9 Å². The first-order valence-corrected chi connectivity index (χ1v) is 15.9. The van der Waals surface area contributed by atoms with Gasteiger partial charge in [-0.1, -0.05) is 35.2 Å². The van der Waals surface area contributed by atoms with Crippen LogP contribution >= 0.6 is 23.1 Å².